The van der Waals surface area contributed by atoms with Gasteiger partial charge in [0.25, 0.3) is 0 Å². The normalized spacial score (nSPS) is 12.9. The zero-order chi connectivity index (χ0) is 11.9. The fourth-order valence-corrected chi connectivity index (χ4v) is 3.48. The van der Waals surface area contributed by atoms with Crippen LogP contribution in [0.1, 0.15) is 0 Å². The highest BCUT2D eigenvalue weighted by Crippen LogP contribution is 2.09. The fraction of sp³-hybridized carbons (Fsp3) is 0.400. The second-order valence-electron chi connectivity index (χ2n) is 4.89. The van der Waals surface area contributed by atoms with Crippen molar-refractivity contribution in [2.75, 3.05) is 0 Å². The minimum absolute atomic E-state index is 0.117. The summed E-state index contributed by atoms with van der Waals surface area (Å²) in [4.78, 5) is 19.9. The summed E-state index contributed by atoms with van der Waals surface area (Å²) in [6.45, 7) is 7.16. The van der Waals surface area contributed by atoms with Crippen molar-refractivity contribution in [3.63, 3.8) is 0 Å². The Bertz CT molecular complexity index is 332. The molecular weight excluding hydrogens is 224 g/mol. The van der Waals surface area contributed by atoms with Crippen LogP contribution in [0.4, 0.5) is 0 Å². The molecule has 0 unspecified atom stereocenters. The molecule has 0 spiro atoms. The number of hydrogen-bond donors (Lipinski definition) is 3. The molecule has 5 heteroatoms. The van der Waals surface area contributed by atoms with Crippen LogP contribution >= 0.6 is 0 Å². The Kier molecular flexibility index (Phi) is 3.11. The van der Waals surface area contributed by atoms with Crippen molar-refractivity contribution in [3.8, 4) is 5.75 Å². The molecule has 1 rings (SSSR count). The highest BCUT2D eigenvalue weighted by atomic mass is 28.4. The van der Waals surface area contributed by atoms with Crippen LogP contribution in [0, 0.1) is 0 Å². The molecule has 0 aliphatic heterocycles. The highest BCUT2D eigenvalue weighted by Gasteiger charge is 2.26. The van der Waals surface area contributed by atoms with Gasteiger partial charge in [0.15, 0.2) is 0 Å². The molecular formula is C10H18O3Si2. The zero-order valence-electron chi connectivity index (χ0n) is 9.57. The molecule has 0 bridgehead atoms. The number of rotatable bonds is 2. The van der Waals surface area contributed by atoms with Crippen LogP contribution in [0.2, 0.25) is 26.2 Å². The molecule has 0 saturated carbocycles. The average molecular weight is 242 g/mol. The van der Waals surface area contributed by atoms with Gasteiger partial charge in [0.1, 0.15) is 5.75 Å². The SMILES string of the molecule is C[Si](C)(O)c1cc(O)cc([Si](C)(C)O)c1. The van der Waals surface area contributed by atoms with Gasteiger partial charge in [0.05, 0.1) is 0 Å². The van der Waals surface area contributed by atoms with Gasteiger partial charge in [-0.25, -0.2) is 0 Å². The minimum Gasteiger partial charge on any atom is -0.508 e. The lowest BCUT2D eigenvalue weighted by Gasteiger charge is -2.20. The lowest BCUT2D eigenvalue weighted by Crippen LogP contribution is -2.48. The first kappa shape index (κ1) is 12.4. The van der Waals surface area contributed by atoms with Crippen molar-refractivity contribution in [3.05, 3.63) is 18.2 Å². The van der Waals surface area contributed by atoms with E-state index in [2.05, 4.69) is 0 Å². The quantitative estimate of drug-likeness (QED) is 0.649. The Labute approximate surface area is 92.3 Å². The molecule has 3 nitrogen and oxygen atoms in total. The first-order valence-corrected chi connectivity index (χ1v) is 10.8. The summed E-state index contributed by atoms with van der Waals surface area (Å²) in [6, 6.07) is 4.98. The van der Waals surface area contributed by atoms with Gasteiger partial charge in [0, 0.05) is 0 Å². The van der Waals surface area contributed by atoms with Gasteiger partial charge in [-0.3, -0.25) is 0 Å². The average Bonchev–Trinajstić information content (AvgIpc) is 1.99. The van der Waals surface area contributed by atoms with Crippen LogP contribution in [-0.2, 0) is 0 Å². The molecule has 0 saturated heterocycles. The predicted molar refractivity (Wildman–Crippen MR) is 66.8 cm³/mol. The van der Waals surface area contributed by atoms with E-state index in [1.165, 1.54) is 0 Å². The molecule has 0 radical (unpaired) electrons. The number of phenolic OH excluding ortho intramolecular Hbond substituents is 1. The van der Waals surface area contributed by atoms with Crippen molar-refractivity contribution in [2.45, 2.75) is 26.2 Å². The summed E-state index contributed by atoms with van der Waals surface area (Å²) >= 11 is 0. The maximum atomic E-state index is 9.97. The van der Waals surface area contributed by atoms with E-state index in [0.717, 1.165) is 10.4 Å². The highest BCUT2D eigenvalue weighted by molar-refractivity contribution is 6.86. The topological polar surface area (TPSA) is 60.7 Å². The number of phenols is 1. The fourth-order valence-electron chi connectivity index (χ4n) is 1.32. The summed E-state index contributed by atoms with van der Waals surface area (Å²) < 4.78 is 0. The Hall–Kier alpha value is -0.626. The molecule has 1 aromatic rings. The van der Waals surface area contributed by atoms with E-state index < -0.39 is 16.6 Å². The van der Waals surface area contributed by atoms with Crippen molar-refractivity contribution < 1.29 is 14.7 Å². The van der Waals surface area contributed by atoms with Gasteiger partial charge in [-0.05, 0) is 48.7 Å². The van der Waals surface area contributed by atoms with E-state index in [-0.39, 0.29) is 5.75 Å². The van der Waals surface area contributed by atoms with E-state index in [4.69, 9.17) is 0 Å². The molecule has 0 amide bonds. The first-order chi connectivity index (χ1) is 6.60. The summed E-state index contributed by atoms with van der Waals surface area (Å²) in [7, 11) is -4.85. The van der Waals surface area contributed by atoms with Crippen molar-refractivity contribution in [2.24, 2.45) is 0 Å². The molecule has 3 N–H and O–H groups in total. The van der Waals surface area contributed by atoms with E-state index >= 15 is 0 Å². The Morgan fingerprint density at radius 3 is 1.40 bits per heavy atom. The predicted octanol–water partition coefficient (Wildman–Crippen LogP) is 0.201. The Morgan fingerprint density at radius 2 is 1.13 bits per heavy atom. The maximum absolute atomic E-state index is 9.97. The first-order valence-electron chi connectivity index (χ1n) is 4.90. The number of hydrogen-bond acceptors (Lipinski definition) is 3. The van der Waals surface area contributed by atoms with Crippen LogP contribution in [0.3, 0.4) is 0 Å². The van der Waals surface area contributed by atoms with Gasteiger partial charge in [0.2, 0.25) is 16.6 Å². The molecule has 84 valence electrons. The van der Waals surface area contributed by atoms with Crippen LogP contribution < -0.4 is 10.4 Å². The third-order valence-electron chi connectivity index (χ3n) is 2.33. The summed E-state index contributed by atoms with van der Waals surface area (Å²) in [6.07, 6.45) is 0. The van der Waals surface area contributed by atoms with Gasteiger partial charge < -0.3 is 14.7 Å². The summed E-state index contributed by atoms with van der Waals surface area (Å²) in [5.74, 6) is 0.117. The zero-order valence-corrected chi connectivity index (χ0v) is 11.6. The van der Waals surface area contributed by atoms with E-state index in [1.807, 2.05) is 6.07 Å². The van der Waals surface area contributed by atoms with Crippen molar-refractivity contribution in [1.29, 1.82) is 0 Å². The molecule has 0 heterocycles. The third-order valence-corrected chi connectivity index (χ3v) is 5.73. The number of aromatic hydroxyl groups is 1. The van der Waals surface area contributed by atoms with Crippen LogP contribution in [0.5, 0.6) is 5.75 Å². The summed E-state index contributed by atoms with van der Waals surface area (Å²) in [5.41, 5.74) is 0. The third kappa shape index (κ3) is 3.17. The van der Waals surface area contributed by atoms with Gasteiger partial charge in [-0.2, -0.15) is 0 Å². The second-order valence-corrected chi connectivity index (χ2v) is 12.3. The molecule has 0 fully saturated rings. The number of benzene rings is 1. The molecule has 0 aliphatic carbocycles. The van der Waals surface area contributed by atoms with E-state index in [1.54, 1.807) is 38.3 Å². The van der Waals surface area contributed by atoms with Crippen LogP contribution in [0.25, 0.3) is 0 Å². The standard InChI is InChI=1S/C10H18O3Si2/c1-14(2,12)9-5-8(11)6-10(7-9)15(3,4)13/h5-7,11-13H,1-4H3. The van der Waals surface area contributed by atoms with Gasteiger partial charge >= 0.3 is 0 Å². The van der Waals surface area contributed by atoms with Gasteiger partial charge in [-0.15, -0.1) is 0 Å². The van der Waals surface area contributed by atoms with Crippen molar-refractivity contribution >= 4 is 27.0 Å². The largest absolute Gasteiger partial charge is 0.508 e. The Balaban J connectivity index is 3.30. The molecule has 0 atom stereocenters. The van der Waals surface area contributed by atoms with E-state index in [9.17, 15) is 14.7 Å². The van der Waals surface area contributed by atoms with E-state index in [0.29, 0.717) is 0 Å². The van der Waals surface area contributed by atoms with Crippen LogP contribution in [0.15, 0.2) is 18.2 Å². The molecule has 15 heavy (non-hydrogen) atoms. The molecule has 1 aromatic carbocycles. The monoisotopic (exact) mass is 242 g/mol. The lowest BCUT2D eigenvalue weighted by atomic mass is 10.3. The van der Waals surface area contributed by atoms with Crippen LogP contribution in [-0.4, -0.2) is 31.3 Å². The second kappa shape index (κ2) is 3.75. The summed E-state index contributed by atoms with van der Waals surface area (Å²) in [5, 5.41) is 11.1. The lowest BCUT2D eigenvalue weighted by molar-refractivity contribution is 0.475. The maximum Gasteiger partial charge on any atom is 0.214 e. The minimum atomic E-state index is -2.42. The smallest absolute Gasteiger partial charge is 0.214 e. The van der Waals surface area contributed by atoms with Gasteiger partial charge in [-0.1, -0.05) is 6.07 Å². The molecule has 0 aromatic heterocycles. The Morgan fingerprint density at radius 1 is 0.800 bits per heavy atom. The molecule has 0 aliphatic rings. The van der Waals surface area contributed by atoms with Crippen molar-refractivity contribution in [1.82, 2.24) is 0 Å².